The first-order chi connectivity index (χ1) is 17.5. The van der Waals surface area contributed by atoms with Gasteiger partial charge in [-0.25, -0.2) is 8.78 Å². The zero-order valence-corrected chi connectivity index (χ0v) is 23.0. The molecule has 4 saturated carbocycles. The Balaban J connectivity index is 1.34. The van der Waals surface area contributed by atoms with Gasteiger partial charge in [0.25, 0.3) is 0 Å². The number of hydrogen-bond acceptors (Lipinski definition) is 3. The summed E-state index contributed by atoms with van der Waals surface area (Å²) >= 11 is 0. The van der Waals surface area contributed by atoms with E-state index in [0.717, 1.165) is 32.1 Å². The Labute approximate surface area is 221 Å². The second kappa shape index (κ2) is 9.93. The van der Waals surface area contributed by atoms with Crippen LogP contribution in [0.5, 0.6) is 5.75 Å². The van der Waals surface area contributed by atoms with Crippen LogP contribution in [0.4, 0.5) is 8.78 Å². The maximum Gasteiger partial charge on any atom is 0.187 e. The van der Waals surface area contributed by atoms with E-state index in [1.807, 2.05) is 6.08 Å². The molecule has 0 radical (unpaired) electrons. The molecule has 0 amide bonds. The molecule has 0 spiro atoms. The zero-order valence-electron chi connectivity index (χ0n) is 23.0. The molecule has 37 heavy (non-hydrogen) atoms. The number of benzene rings is 1. The molecule has 206 valence electrons. The van der Waals surface area contributed by atoms with Gasteiger partial charge in [0, 0.05) is 0 Å². The Kier molecular flexibility index (Phi) is 7.28. The van der Waals surface area contributed by atoms with Gasteiger partial charge in [0.15, 0.2) is 17.4 Å². The molecule has 1 aromatic rings. The highest BCUT2D eigenvalue weighted by atomic mass is 19.1. The molecule has 0 bridgehead atoms. The lowest BCUT2D eigenvalue weighted by Crippen LogP contribution is -2.62. The third-order valence-corrected chi connectivity index (χ3v) is 12.0. The number of rotatable bonds is 5. The highest BCUT2D eigenvalue weighted by molar-refractivity contribution is 5.51. The molecular weight excluding hydrogens is 470 g/mol. The monoisotopic (exact) mass is 516 g/mol. The quantitative estimate of drug-likeness (QED) is 0.384. The Morgan fingerprint density at radius 3 is 2.30 bits per heavy atom. The number of fused-ring (bicyclic) bond motifs is 5. The summed E-state index contributed by atoms with van der Waals surface area (Å²) in [6.07, 6.45) is 12.6. The van der Waals surface area contributed by atoms with Crippen molar-refractivity contribution in [2.24, 2.45) is 52.3 Å². The summed E-state index contributed by atoms with van der Waals surface area (Å²) in [7, 11) is 0. The number of aliphatic hydroxyl groups excluding tert-OH is 2. The summed E-state index contributed by atoms with van der Waals surface area (Å²) in [5.41, 5.74) is 0.834. The Morgan fingerprint density at radius 2 is 1.62 bits per heavy atom. The van der Waals surface area contributed by atoms with Gasteiger partial charge in [-0.1, -0.05) is 46.3 Å². The van der Waals surface area contributed by atoms with Crippen LogP contribution in [-0.4, -0.2) is 27.5 Å². The summed E-state index contributed by atoms with van der Waals surface area (Å²) < 4.78 is 27.4. The van der Waals surface area contributed by atoms with Crippen LogP contribution in [0.25, 0.3) is 6.08 Å². The van der Waals surface area contributed by atoms with E-state index >= 15 is 0 Å². The van der Waals surface area contributed by atoms with Crippen LogP contribution in [-0.2, 0) is 0 Å². The molecule has 11 atom stereocenters. The molecule has 3 N–H and O–H groups in total. The number of allylic oxidation sites excluding steroid dienone is 1. The molecule has 4 fully saturated rings. The molecule has 0 saturated heterocycles. The number of aliphatic hydroxyl groups is 2. The van der Waals surface area contributed by atoms with E-state index in [-0.39, 0.29) is 29.0 Å². The Bertz CT molecular complexity index is 1000. The molecule has 4 aliphatic carbocycles. The van der Waals surface area contributed by atoms with Gasteiger partial charge in [-0.2, -0.15) is 0 Å². The maximum atomic E-state index is 13.7. The summed E-state index contributed by atoms with van der Waals surface area (Å²) in [4.78, 5) is 0. The molecule has 0 aliphatic heterocycles. The topological polar surface area (TPSA) is 60.7 Å². The van der Waals surface area contributed by atoms with Gasteiger partial charge in [0.2, 0.25) is 0 Å². The van der Waals surface area contributed by atoms with E-state index in [1.165, 1.54) is 37.8 Å². The number of aromatic hydroxyl groups is 1. The number of phenols is 1. The van der Waals surface area contributed by atoms with Crippen LogP contribution in [0.1, 0.15) is 91.0 Å². The first kappa shape index (κ1) is 27.1. The SMILES string of the molecule is CC[C@H]1[C@@H](O)C2[C@H](CC[C@]3(C)[C@@H]([C@H](C)C/C=C/c4cc(F)c(O)c(F)c4)CC[C@@H]23)C2(C)CC[C@@H](O)C[C@@H]12. The van der Waals surface area contributed by atoms with Crippen molar-refractivity contribution < 1.29 is 24.1 Å². The molecule has 1 aromatic carbocycles. The van der Waals surface area contributed by atoms with E-state index in [4.69, 9.17) is 0 Å². The summed E-state index contributed by atoms with van der Waals surface area (Å²) in [5.74, 6) is 0.290. The van der Waals surface area contributed by atoms with E-state index in [0.29, 0.717) is 41.1 Å². The number of hydrogen-bond donors (Lipinski definition) is 3. The number of phenolic OH excluding ortho intramolecular Hbond substituents is 1. The lowest BCUT2D eigenvalue weighted by atomic mass is 9.41. The van der Waals surface area contributed by atoms with Crippen molar-refractivity contribution in [2.75, 3.05) is 0 Å². The summed E-state index contributed by atoms with van der Waals surface area (Å²) in [6.45, 7) is 9.48. The molecule has 3 nitrogen and oxygen atoms in total. The fraction of sp³-hybridized carbons (Fsp3) is 0.750. The molecular formula is C32H46F2O3. The molecule has 5 rings (SSSR count). The summed E-state index contributed by atoms with van der Waals surface area (Å²) in [6, 6.07) is 2.33. The first-order valence-electron chi connectivity index (χ1n) is 14.7. The van der Waals surface area contributed by atoms with Crippen LogP contribution in [0.15, 0.2) is 18.2 Å². The van der Waals surface area contributed by atoms with Gasteiger partial charge in [-0.3, -0.25) is 0 Å². The van der Waals surface area contributed by atoms with Crippen molar-refractivity contribution in [3.05, 3.63) is 35.4 Å². The fourth-order valence-corrected chi connectivity index (χ4v) is 10.2. The zero-order chi connectivity index (χ0) is 26.7. The number of halogens is 2. The van der Waals surface area contributed by atoms with Crippen LogP contribution in [0.2, 0.25) is 0 Å². The highest BCUT2D eigenvalue weighted by Gasteiger charge is 2.64. The van der Waals surface area contributed by atoms with Gasteiger partial charge in [-0.05, 0) is 121 Å². The second-order valence-corrected chi connectivity index (χ2v) is 13.6. The lowest BCUT2D eigenvalue weighted by molar-refractivity contribution is -0.203. The van der Waals surface area contributed by atoms with Crippen LogP contribution < -0.4 is 0 Å². The standard InChI is InChI=1S/C32H46F2O3/c1-5-21-25-17-20(35)11-13-32(25,4)24-12-14-31(3)22(9-10-23(31)28(24)29(21)36)18(2)7-6-8-19-15-26(33)30(37)27(34)16-19/h6,8,15-16,18,20-25,28-29,35-37H,5,7,9-14,17H2,1-4H3/b8-6+/t18-,20-,21-,22-,23+,24+,25+,28?,29-,31-,32?/m1/s1. The lowest BCUT2D eigenvalue weighted by Gasteiger charge is -2.64. The first-order valence-corrected chi connectivity index (χ1v) is 14.7. The molecule has 4 aliphatic rings. The largest absolute Gasteiger partial charge is 0.503 e. The minimum absolute atomic E-state index is 0.196. The van der Waals surface area contributed by atoms with Gasteiger partial charge >= 0.3 is 0 Å². The predicted molar refractivity (Wildman–Crippen MR) is 143 cm³/mol. The normalized spacial score (nSPS) is 44.3. The van der Waals surface area contributed by atoms with Crippen molar-refractivity contribution in [3.63, 3.8) is 0 Å². The van der Waals surface area contributed by atoms with Crippen molar-refractivity contribution in [1.29, 1.82) is 0 Å². The average Bonchev–Trinajstić information content (AvgIpc) is 3.21. The Morgan fingerprint density at radius 1 is 0.973 bits per heavy atom. The van der Waals surface area contributed by atoms with E-state index in [2.05, 4.69) is 27.7 Å². The summed E-state index contributed by atoms with van der Waals surface area (Å²) in [5, 5.41) is 31.7. The van der Waals surface area contributed by atoms with Crippen LogP contribution in [0, 0.1) is 63.9 Å². The second-order valence-electron chi connectivity index (χ2n) is 13.6. The molecule has 5 heteroatoms. The predicted octanol–water partition coefficient (Wildman–Crippen LogP) is 7.34. The van der Waals surface area contributed by atoms with Gasteiger partial charge < -0.3 is 15.3 Å². The highest BCUT2D eigenvalue weighted by Crippen LogP contribution is 2.69. The van der Waals surface area contributed by atoms with Crippen molar-refractivity contribution in [2.45, 2.75) is 97.7 Å². The fourth-order valence-electron chi connectivity index (χ4n) is 10.2. The smallest absolute Gasteiger partial charge is 0.187 e. The third-order valence-electron chi connectivity index (χ3n) is 12.0. The maximum absolute atomic E-state index is 13.7. The van der Waals surface area contributed by atoms with Crippen LogP contribution >= 0.6 is 0 Å². The molecule has 0 aromatic heterocycles. The van der Waals surface area contributed by atoms with Crippen LogP contribution in [0.3, 0.4) is 0 Å². The third kappa shape index (κ3) is 4.36. The van der Waals surface area contributed by atoms with Crippen molar-refractivity contribution in [1.82, 2.24) is 0 Å². The van der Waals surface area contributed by atoms with E-state index < -0.39 is 17.4 Å². The van der Waals surface area contributed by atoms with Gasteiger partial charge in [0.05, 0.1) is 12.2 Å². The van der Waals surface area contributed by atoms with Crippen molar-refractivity contribution >= 4 is 6.08 Å². The van der Waals surface area contributed by atoms with E-state index in [1.54, 1.807) is 6.08 Å². The minimum atomic E-state index is -0.935. The minimum Gasteiger partial charge on any atom is -0.503 e. The van der Waals surface area contributed by atoms with Gasteiger partial charge in [-0.15, -0.1) is 0 Å². The Hall–Kier alpha value is -1.46. The molecule has 0 heterocycles. The average molecular weight is 517 g/mol. The van der Waals surface area contributed by atoms with Gasteiger partial charge in [0.1, 0.15) is 0 Å². The van der Waals surface area contributed by atoms with Crippen molar-refractivity contribution in [3.8, 4) is 5.75 Å². The van der Waals surface area contributed by atoms with E-state index in [9.17, 15) is 24.1 Å². The molecule has 2 unspecified atom stereocenters.